The number of carboxylic acid groups (broad SMARTS) is 2. The summed E-state index contributed by atoms with van der Waals surface area (Å²) in [6, 6.07) is -6.55. The van der Waals surface area contributed by atoms with Crippen molar-refractivity contribution in [3.8, 4) is 0 Å². The molecule has 0 saturated heterocycles. The lowest BCUT2D eigenvalue weighted by Crippen LogP contribution is -2.59. The number of aliphatic hydroxyl groups excluding tert-OH is 3. The molecular weight excluding hydrogens is 384 g/mol. The Morgan fingerprint density at radius 3 is 1.75 bits per heavy atom. The number of aliphatic carboxylic acids is 2. The number of hydrogen-bond acceptors (Lipinski definition) is 9. The summed E-state index contributed by atoms with van der Waals surface area (Å²) in [7, 11) is 0. The minimum absolute atomic E-state index is 0.773. The van der Waals surface area contributed by atoms with Gasteiger partial charge < -0.3 is 47.2 Å². The van der Waals surface area contributed by atoms with Gasteiger partial charge in [0.1, 0.15) is 18.1 Å². The standard InChI is InChI=1S/C14H24N4O10/c1-5(21)10(14(27)28)18-13(26)8(4-20)17-12(25)7(2-9(22)23)16-11(24)6(15)3-19/h5-8,10,19-21H,2-4,15H2,1H3,(H,16,24)(H,17,25)(H,18,26)(H,22,23)(H,27,28). The molecule has 0 aromatic carbocycles. The molecule has 0 fully saturated rings. The van der Waals surface area contributed by atoms with Gasteiger partial charge in [-0.25, -0.2) is 4.79 Å². The summed E-state index contributed by atoms with van der Waals surface area (Å²) in [5.74, 6) is -6.44. The van der Waals surface area contributed by atoms with E-state index in [4.69, 9.17) is 21.1 Å². The Morgan fingerprint density at radius 2 is 1.36 bits per heavy atom. The molecule has 0 bridgehead atoms. The highest BCUT2D eigenvalue weighted by Gasteiger charge is 2.32. The minimum Gasteiger partial charge on any atom is -0.481 e. The van der Waals surface area contributed by atoms with Crippen LogP contribution in [0, 0.1) is 0 Å². The molecule has 10 N–H and O–H groups in total. The summed E-state index contributed by atoms with van der Waals surface area (Å²) in [5, 5.41) is 51.0. The Balaban J connectivity index is 5.21. The molecule has 0 radical (unpaired) electrons. The maximum absolute atomic E-state index is 12.2. The lowest BCUT2D eigenvalue weighted by molar-refractivity contribution is -0.146. The van der Waals surface area contributed by atoms with Gasteiger partial charge in [0.15, 0.2) is 6.04 Å². The molecule has 0 saturated carbocycles. The summed E-state index contributed by atoms with van der Waals surface area (Å²) in [6.45, 7) is -0.674. The van der Waals surface area contributed by atoms with Crippen LogP contribution in [0.3, 0.4) is 0 Å². The molecule has 0 aromatic rings. The van der Waals surface area contributed by atoms with Crippen molar-refractivity contribution < 1.29 is 49.5 Å². The molecule has 5 unspecified atom stereocenters. The maximum Gasteiger partial charge on any atom is 0.328 e. The highest BCUT2D eigenvalue weighted by Crippen LogP contribution is 1.99. The van der Waals surface area contributed by atoms with Crippen LogP contribution in [0.4, 0.5) is 0 Å². The number of amides is 3. The number of nitrogens with one attached hydrogen (secondary N) is 3. The quantitative estimate of drug-likeness (QED) is 0.147. The van der Waals surface area contributed by atoms with Gasteiger partial charge in [0.05, 0.1) is 25.7 Å². The van der Waals surface area contributed by atoms with E-state index in [2.05, 4.69) is 0 Å². The number of carboxylic acids is 2. The van der Waals surface area contributed by atoms with E-state index in [1.807, 2.05) is 16.0 Å². The predicted molar refractivity (Wildman–Crippen MR) is 89.5 cm³/mol. The molecule has 0 aliphatic carbocycles. The Labute approximate surface area is 158 Å². The first-order valence-corrected chi connectivity index (χ1v) is 7.95. The van der Waals surface area contributed by atoms with Crippen LogP contribution in [-0.2, 0) is 24.0 Å². The average molecular weight is 408 g/mol. The molecule has 0 aromatic heterocycles. The van der Waals surface area contributed by atoms with Gasteiger partial charge in [-0.3, -0.25) is 19.2 Å². The third-order valence-electron chi connectivity index (χ3n) is 3.41. The van der Waals surface area contributed by atoms with Gasteiger partial charge in [0, 0.05) is 0 Å². The Bertz CT molecular complexity index is 597. The second kappa shape index (κ2) is 11.8. The monoisotopic (exact) mass is 408 g/mol. The van der Waals surface area contributed by atoms with Gasteiger partial charge in [-0.05, 0) is 6.92 Å². The van der Waals surface area contributed by atoms with Crippen molar-refractivity contribution in [2.45, 2.75) is 43.6 Å². The van der Waals surface area contributed by atoms with Crippen molar-refractivity contribution in [1.29, 1.82) is 0 Å². The third-order valence-corrected chi connectivity index (χ3v) is 3.41. The van der Waals surface area contributed by atoms with E-state index in [0.29, 0.717) is 0 Å². The largest absolute Gasteiger partial charge is 0.481 e. The zero-order chi connectivity index (χ0) is 22.0. The van der Waals surface area contributed by atoms with Gasteiger partial charge in [-0.1, -0.05) is 0 Å². The van der Waals surface area contributed by atoms with Crippen LogP contribution in [0.2, 0.25) is 0 Å². The van der Waals surface area contributed by atoms with E-state index in [1.54, 1.807) is 0 Å². The maximum atomic E-state index is 12.2. The molecule has 0 aliphatic heterocycles. The first kappa shape index (κ1) is 25.2. The van der Waals surface area contributed by atoms with E-state index in [1.165, 1.54) is 0 Å². The van der Waals surface area contributed by atoms with Crippen molar-refractivity contribution in [1.82, 2.24) is 16.0 Å². The minimum atomic E-state index is -1.73. The summed E-state index contributed by atoms with van der Waals surface area (Å²) in [5.41, 5.74) is 5.26. The van der Waals surface area contributed by atoms with Crippen molar-refractivity contribution in [3.05, 3.63) is 0 Å². The van der Waals surface area contributed by atoms with Crippen molar-refractivity contribution in [3.63, 3.8) is 0 Å². The summed E-state index contributed by atoms with van der Waals surface area (Å²) >= 11 is 0. The topological polar surface area (TPSA) is 249 Å². The lowest BCUT2D eigenvalue weighted by Gasteiger charge is -2.24. The highest BCUT2D eigenvalue weighted by molar-refractivity contribution is 5.95. The molecule has 3 amide bonds. The third kappa shape index (κ3) is 8.26. The Kier molecular flexibility index (Phi) is 10.6. The van der Waals surface area contributed by atoms with Crippen molar-refractivity contribution >= 4 is 29.7 Å². The first-order valence-electron chi connectivity index (χ1n) is 7.95. The smallest absolute Gasteiger partial charge is 0.328 e. The van der Waals surface area contributed by atoms with Crippen LogP contribution < -0.4 is 21.7 Å². The fourth-order valence-electron chi connectivity index (χ4n) is 1.85. The summed E-state index contributed by atoms with van der Waals surface area (Å²) < 4.78 is 0. The second-order valence-corrected chi connectivity index (χ2v) is 5.76. The molecule has 14 nitrogen and oxygen atoms in total. The number of carbonyl (C=O) groups is 5. The molecular formula is C14H24N4O10. The molecule has 160 valence electrons. The zero-order valence-electron chi connectivity index (χ0n) is 14.9. The number of carbonyl (C=O) groups excluding carboxylic acids is 3. The molecule has 0 heterocycles. The summed E-state index contributed by atoms with van der Waals surface area (Å²) in [6.07, 6.45) is -2.39. The van der Waals surface area contributed by atoms with Gasteiger partial charge in [0.25, 0.3) is 0 Å². The molecule has 0 rings (SSSR count). The van der Waals surface area contributed by atoms with Gasteiger partial charge >= 0.3 is 11.9 Å². The van der Waals surface area contributed by atoms with Crippen molar-refractivity contribution in [2.24, 2.45) is 5.73 Å². The normalized spacial score (nSPS) is 16.0. The highest BCUT2D eigenvalue weighted by atomic mass is 16.4. The van der Waals surface area contributed by atoms with E-state index >= 15 is 0 Å². The van der Waals surface area contributed by atoms with Gasteiger partial charge in [-0.15, -0.1) is 0 Å². The van der Waals surface area contributed by atoms with Crippen LogP contribution in [0.15, 0.2) is 0 Å². The van der Waals surface area contributed by atoms with Crippen LogP contribution in [-0.4, -0.2) is 98.7 Å². The van der Waals surface area contributed by atoms with Gasteiger partial charge in [-0.2, -0.15) is 0 Å². The number of nitrogens with two attached hydrogens (primary N) is 1. The SMILES string of the molecule is CC(O)C(NC(=O)C(CO)NC(=O)C(CC(=O)O)NC(=O)C(N)CO)C(=O)O. The van der Waals surface area contributed by atoms with Crippen LogP contribution in [0.1, 0.15) is 13.3 Å². The lowest BCUT2D eigenvalue weighted by atomic mass is 10.1. The van der Waals surface area contributed by atoms with E-state index < -0.39 is 79.6 Å². The number of hydrogen-bond donors (Lipinski definition) is 9. The van der Waals surface area contributed by atoms with Crippen LogP contribution in [0.5, 0.6) is 0 Å². The zero-order valence-corrected chi connectivity index (χ0v) is 14.9. The van der Waals surface area contributed by atoms with Crippen LogP contribution >= 0.6 is 0 Å². The second-order valence-electron chi connectivity index (χ2n) is 5.76. The fourth-order valence-corrected chi connectivity index (χ4v) is 1.85. The number of aliphatic hydroxyl groups is 3. The van der Waals surface area contributed by atoms with E-state index in [0.717, 1.165) is 6.92 Å². The molecule has 0 spiro atoms. The molecule has 5 atom stereocenters. The fraction of sp³-hybridized carbons (Fsp3) is 0.643. The summed E-state index contributed by atoms with van der Waals surface area (Å²) in [4.78, 5) is 57.8. The van der Waals surface area contributed by atoms with Gasteiger partial charge in [0.2, 0.25) is 17.7 Å². The van der Waals surface area contributed by atoms with E-state index in [-0.39, 0.29) is 0 Å². The average Bonchev–Trinajstić information content (AvgIpc) is 2.61. The van der Waals surface area contributed by atoms with Crippen LogP contribution in [0.25, 0.3) is 0 Å². The molecule has 28 heavy (non-hydrogen) atoms. The van der Waals surface area contributed by atoms with E-state index in [9.17, 15) is 34.2 Å². The predicted octanol–water partition coefficient (Wildman–Crippen LogP) is -5.31. The molecule has 14 heteroatoms. The molecule has 0 aliphatic rings. The van der Waals surface area contributed by atoms with Crippen molar-refractivity contribution in [2.75, 3.05) is 13.2 Å². The Morgan fingerprint density at radius 1 is 0.857 bits per heavy atom. The number of rotatable bonds is 12. The Hall–Kier alpha value is -2.81. The first-order chi connectivity index (χ1) is 12.9.